The Bertz CT molecular complexity index is 1260. The monoisotopic (exact) mass is 437 g/mol. The minimum absolute atomic E-state index is 0.0963. The van der Waals surface area contributed by atoms with Crippen LogP contribution in [0.5, 0.6) is 5.75 Å². The van der Waals surface area contributed by atoms with Crippen LogP contribution in [0.3, 0.4) is 0 Å². The largest absolute Gasteiger partial charge is 0.485 e. The van der Waals surface area contributed by atoms with Crippen molar-refractivity contribution in [2.75, 3.05) is 6.54 Å². The molecule has 1 atom stereocenters. The van der Waals surface area contributed by atoms with E-state index in [0.29, 0.717) is 13.0 Å². The fourth-order valence-electron chi connectivity index (χ4n) is 3.72. The van der Waals surface area contributed by atoms with Crippen molar-refractivity contribution in [3.63, 3.8) is 0 Å². The molecule has 4 aromatic rings. The van der Waals surface area contributed by atoms with Crippen molar-refractivity contribution in [1.29, 1.82) is 0 Å². The second kappa shape index (κ2) is 8.22. The van der Waals surface area contributed by atoms with Gasteiger partial charge in [0.2, 0.25) is 0 Å². The average Bonchev–Trinajstić information content (AvgIpc) is 3.49. The molecule has 0 fully saturated rings. The van der Waals surface area contributed by atoms with Crippen molar-refractivity contribution in [3.8, 4) is 5.75 Å². The topological polar surface area (TPSA) is 97.1 Å². The molecule has 1 N–H and O–H groups in total. The van der Waals surface area contributed by atoms with Crippen molar-refractivity contribution < 1.29 is 22.8 Å². The third kappa shape index (κ3) is 3.70. The third-order valence-electron chi connectivity index (χ3n) is 5.24. The lowest BCUT2D eigenvalue weighted by molar-refractivity contribution is 0.0679. The lowest BCUT2D eigenvalue weighted by Crippen LogP contribution is -2.41. The van der Waals surface area contributed by atoms with Gasteiger partial charge in [0.15, 0.2) is 23.1 Å². The summed E-state index contributed by atoms with van der Waals surface area (Å²) in [5.74, 6) is -1.90. The highest BCUT2D eigenvalue weighted by atomic mass is 19.2. The standard InChI is InChI=1S/C22H17F2N5O3/c23-16-4-3-14(8-17(16)24)31-11-15-9-19(28-32-15)22(30)29-7-5-18-20(27-12-26-18)21(29)13-2-1-6-25-10-13/h1-4,6,8-10,12,21H,5,7,11H2,(H,26,27)/t21-/m0/s1. The van der Waals surface area contributed by atoms with E-state index < -0.39 is 17.7 Å². The number of nitrogens with zero attached hydrogens (tertiary/aromatic N) is 4. The number of carbonyl (C=O) groups is 1. The molecular formula is C22H17F2N5O3. The Morgan fingerprint density at radius 2 is 2.16 bits per heavy atom. The minimum Gasteiger partial charge on any atom is -0.485 e. The number of halogens is 2. The Morgan fingerprint density at radius 3 is 2.97 bits per heavy atom. The van der Waals surface area contributed by atoms with Crippen LogP contribution in [-0.2, 0) is 13.0 Å². The summed E-state index contributed by atoms with van der Waals surface area (Å²) in [5, 5.41) is 3.88. The maximum absolute atomic E-state index is 13.3. The van der Waals surface area contributed by atoms with Gasteiger partial charge in [-0.25, -0.2) is 13.8 Å². The third-order valence-corrected chi connectivity index (χ3v) is 5.24. The van der Waals surface area contributed by atoms with E-state index in [0.717, 1.165) is 29.1 Å². The van der Waals surface area contributed by atoms with Gasteiger partial charge in [-0.1, -0.05) is 11.2 Å². The maximum Gasteiger partial charge on any atom is 0.276 e. The van der Waals surface area contributed by atoms with E-state index >= 15 is 0 Å². The number of imidazole rings is 1. The van der Waals surface area contributed by atoms with E-state index in [1.54, 1.807) is 23.6 Å². The maximum atomic E-state index is 13.3. The zero-order valence-corrected chi connectivity index (χ0v) is 16.7. The van der Waals surface area contributed by atoms with Gasteiger partial charge in [-0.05, 0) is 23.8 Å². The van der Waals surface area contributed by atoms with Gasteiger partial charge in [-0.3, -0.25) is 9.78 Å². The highest BCUT2D eigenvalue weighted by Gasteiger charge is 2.35. The molecule has 0 saturated carbocycles. The number of aromatic nitrogens is 4. The van der Waals surface area contributed by atoms with Gasteiger partial charge in [-0.2, -0.15) is 0 Å². The van der Waals surface area contributed by atoms with E-state index in [-0.39, 0.29) is 29.7 Å². The predicted octanol–water partition coefficient (Wildman–Crippen LogP) is 3.44. The summed E-state index contributed by atoms with van der Waals surface area (Å²) in [4.78, 5) is 26.7. The zero-order chi connectivity index (χ0) is 22.1. The fraction of sp³-hybridized carbons (Fsp3) is 0.182. The summed E-state index contributed by atoms with van der Waals surface area (Å²) in [6.45, 7) is 0.363. The van der Waals surface area contributed by atoms with Crippen LogP contribution in [0.15, 0.2) is 59.6 Å². The Hall–Kier alpha value is -4.08. The van der Waals surface area contributed by atoms with Crippen molar-refractivity contribution in [2.24, 2.45) is 0 Å². The van der Waals surface area contributed by atoms with E-state index in [1.807, 2.05) is 12.1 Å². The number of hydrogen-bond donors (Lipinski definition) is 1. The molecule has 0 unspecified atom stereocenters. The molecule has 1 aromatic carbocycles. The van der Waals surface area contributed by atoms with Gasteiger partial charge >= 0.3 is 0 Å². The minimum atomic E-state index is -1.01. The zero-order valence-electron chi connectivity index (χ0n) is 16.7. The molecular weight excluding hydrogens is 420 g/mol. The number of pyridine rings is 1. The SMILES string of the molecule is O=C(c1cc(COc2ccc(F)c(F)c2)on1)N1CCc2[nH]cnc2[C@@H]1c1cccnc1. The van der Waals surface area contributed by atoms with Crippen LogP contribution in [0.25, 0.3) is 0 Å². The average molecular weight is 437 g/mol. The number of amides is 1. The summed E-state index contributed by atoms with van der Waals surface area (Å²) >= 11 is 0. The smallest absolute Gasteiger partial charge is 0.276 e. The van der Waals surface area contributed by atoms with Gasteiger partial charge in [0.05, 0.1) is 12.0 Å². The lowest BCUT2D eigenvalue weighted by atomic mass is 9.96. The van der Waals surface area contributed by atoms with Crippen LogP contribution in [0.4, 0.5) is 8.78 Å². The molecule has 1 aliphatic heterocycles. The summed E-state index contributed by atoms with van der Waals surface area (Å²) < 4.78 is 37.0. The predicted molar refractivity (Wildman–Crippen MR) is 107 cm³/mol. The Balaban J connectivity index is 1.35. The van der Waals surface area contributed by atoms with E-state index in [1.165, 1.54) is 12.1 Å². The van der Waals surface area contributed by atoms with Crippen LogP contribution < -0.4 is 4.74 Å². The van der Waals surface area contributed by atoms with Crippen LogP contribution in [0.2, 0.25) is 0 Å². The van der Waals surface area contributed by atoms with Crippen LogP contribution in [0.1, 0.15) is 39.2 Å². The first-order chi connectivity index (χ1) is 15.6. The van der Waals surface area contributed by atoms with Gasteiger partial charge in [0, 0.05) is 43.2 Å². The number of nitrogens with one attached hydrogen (secondary N) is 1. The van der Waals surface area contributed by atoms with Gasteiger partial charge in [-0.15, -0.1) is 0 Å². The van der Waals surface area contributed by atoms with Crippen molar-refractivity contribution in [3.05, 3.63) is 95.2 Å². The molecule has 0 spiro atoms. The number of fused-ring (bicyclic) bond motifs is 1. The van der Waals surface area contributed by atoms with Crippen molar-refractivity contribution in [2.45, 2.75) is 19.1 Å². The quantitative estimate of drug-likeness (QED) is 0.514. The summed E-state index contributed by atoms with van der Waals surface area (Å²) in [7, 11) is 0. The molecule has 10 heteroatoms. The number of benzene rings is 1. The molecule has 4 heterocycles. The number of ether oxygens (including phenoxy) is 1. The summed E-state index contributed by atoms with van der Waals surface area (Å²) in [6.07, 6.45) is 5.62. The first-order valence-electron chi connectivity index (χ1n) is 9.86. The van der Waals surface area contributed by atoms with Crippen LogP contribution >= 0.6 is 0 Å². The molecule has 0 aliphatic carbocycles. The lowest BCUT2D eigenvalue weighted by Gasteiger charge is -2.34. The van der Waals surface area contributed by atoms with Gasteiger partial charge < -0.3 is 19.1 Å². The molecule has 3 aromatic heterocycles. The molecule has 1 aliphatic rings. The van der Waals surface area contributed by atoms with Crippen molar-refractivity contribution in [1.82, 2.24) is 25.0 Å². The molecule has 32 heavy (non-hydrogen) atoms. The van der Waals surface area contributed by atoms with E-state index in [4.69, 9.17) is 9.26 Å². The van der Waals surface area contributed by atoms with Crippen LogP contribution in [-0.4, -0.2) is 37.5 Å². The Morgan fingerprint density at radius 1 is 1.25 bits per heavy atom. The second-order valence-electron chi connectivity index (χ2n) is 7.25. The number of rotatable bonds is 5. The fourth-order valence-corrected chi connectivity index (χ4v) is 3.72. The molecule has 1 amide bonds. The normalized spacial score (nSPS) is 15.4. The first kappa shape index (κ1) is 19.9. The van der Waals surface area contributed by atoms with E-state index in [2.05, 4.69) is 20.1 Å². The van der Waals surface area contributed by atoms with Crippen molar-refractivity contribution >= 4 is 5.91 Å². The molecule has 0 radical (unpaired) electrons. The molecule has 8 nitrogen and oxygen atoms in total. The molecule has 0 saturated heterocycles. The highest BCUT2D eigenvalue weighted by Crippen LogP contribution is 2.34. The number of aromatic amines is 1. The Kier molecular flexibility index (Phi) is 5.10. The first-order valence-corrected chi connectivity index (χ1v) is 9.86. The Labute approximate surface area is 180 Å². The number of hydrogen-bond acceptors (Lipinski definition) is 6. The second-order valence-corrected chi connectivity index (χ2v) is 7.25. The molecule has 5 rings (SSSR count). The number of carbonyl (C=O) groups excluding carboxylic acids is 1. The number of H-pyrrole nitrogens is 1. The molecule has 0 bridgehead atoms. The van der Waals surface area contributed by atoms with Gasteiger partial charge in [0.25, 0.3) is 5.91 Å². The van der Waals surface area contributed by atoms with E-state index in [9.17, 15) is 13.6 Å². The highest BCUT2D eigenvalue weighted by molar-refractivity contribution is 5.93. The summed E-state index contributed by atoms with van der Waals surface area (Å²) in [6, 6.07) is 7.97. The van der Waals surface area contributed by atoms with Crippen LogP contribution in [0, 0.1) is 11.6 Å². The van der Waals surface area contributed by atoms with Gasteiger partial charge in [0.1, 0.15) is 18.4 Å². The molecule has 162 valence electrons. The summed E-state index contributed by atoms with van der Waals surface area (Å²) in [5.41, 5.74) is 2.69.